The van der Waals surface area contributed by atoms with Gasteiger partial charge in [-0.2, -0.15) is 5.26 Å². The Morgan fingerprint density at radius 3 is 2.51 bits per heavy atom. The van der Waals surface area contributed by atoms with Crippen LogP contribution >= 0.6 is 0 Å². The molecule has 10 heteroatoms. The van der Waals surface area contributed by atoms with Gasteiger partial charge in [-0.25, -0.2) is 9.37 Å². The van der Waals surface area contributed by atoms with Crippen LogP contribution in [0.15, 0.2) is 78.5 Å². The zero-order valence-electron chi connectivity index (χ0n) is 19.8. The quantitative estimate of drug-likeness (QED) is 0.147. The predicted octanol–water partition coefficient (Wildman–Crippen LogP) is 5.87. The average molecular weight is 497 g/mol. The lowest BCUT2D eigenvalue weighted by atomic mass is 10.1. The van der Waals surface area contributed by atoms with Crippen LogP contribution < -0.4 is 10.1 Å². The highest BCUT2D eigenvalue weighted by Crippen LogP contribution is 2.27. The zero-order valence-corrected chi connectivity index (χ0v) is 19.8. The number of halogens is 1. The van der Waals surface area contributed by atoms with Gasteiger partial charge in [0.1, 0.15) is 29.4 Å². The first-order valence-corrected chi connectivity index (χ1v) is 11.0. The first-order valence-electron chi connectivity index (χ1n) is 11.0. The maximum atomic E-state index is 13.9. The SMILES string of the molecule is Cc1cc(/C=C(/C#N)C(=O)Nc2ccccc2F)c(C)n1-c1ccc(Oc2ccc([N+](=O)[O-])cn2)cc1. The molecule has 2 aromatic carbocycles. The van der Waals surface area contributed by atoms with E-state index in [9.17, 15) is 24.6 Å². The molecular weight excluding hydrogens is 477 g/mol. The van der Waals surface area contributed by atoms with Crippen molar-refractivity contribution in [2.24, 2.45) is 0 Å². The average Bonchev–Trinajstić information content (AvgIpc) is 3.17. The smallest absolute Gasteiger partial charge is 0.287 e. The van der Waals surface area contributed by atoms with Crippen molar-refractivity contribution in [3.63, 3.8) is 0 Å². The summed E-state index contributed by atoms with van der Waals surface area (Å²) in [4.78, 5) is 26.7. The van der Waals surface area contributed by atoms with Crippen molar-refractivity contribution in [3.05, 3.63) is 111 Å². The molecule has 0 bridgehead atoms. The number of anilines is 1. The van der Waals surface area contributed by atoms with E-state index in [0.29, 0.717) is 11.3 Å². The second-order valence-corrected chi connectivity index (χ2v) is 7.97. The van der Waals surface area contributed by atoms with E-state index < -0.39 is 16.6 Å². The monoisotopic (exact) mass is 497 g/mol. The summed E-state index contributed by atoms with van der Waals surface area (Å²) in [5, 5.41) is 22.7. The molecule has 0 radical (unpaired) electrons. The molecule has 0 aliphatic carbocycles. The summed E-state index contributed by atoms with van der Waals surface area (Å²) in [7, 11) is 0. The van der Waals surface area contributed by atoms with E-state index in [0.717, 1.165) is 23.3 Å². The Kier molecular flexibility index (Phi) is 7.06. The van der Waals surface area contributed by atoms with E-state index in [1.807, 2.05) is 42.7 Å². The molecule has 0 atom stereocenters. The van der Waals surface area contributed by atoms with Gasteiger partial charge in [0.05, 0.1) is 10.6 Å². The van der Waals surface area contributed by atoms with Crippen LogP contribution in [0.1, 0.15) is 17.0 Å². The van der Waals surface area contributed by atoms with Gasteiger partial charge in [0, 0.05) is 29.2 Å². The molecular formula is C27H20FN5O4. The van der Waals surface area contributed by atoms with Crippen LogP contribution in [0.25, 0.3) is 11.8 Å². The lowest BCUT2D eigenvalue weighted by Gasteiger charge is -2.11. The number of rotatable bonds is 7. The summed E-state index contributed by atoms with van der Waals surface area (Å²) in [5.41, 5.74) is 2.82. The van der Waals surface area contributed by atoms with Crippen LogP contribution in [-0.2, 0) is 4.79 Å². The van der Waals surface area contributed by atoms with Gasteiger partial charge >= 0.3 is 0 Å². The molecule has 0 saturated carbocycles. The third-order valence-electron chi connectivity index (χ3n) is 5.51. The van der Waals surface area contributed by atoms with Gasteiger partial charge in [0.2, 0.25) is 5.88 Å². The number of amides is 1. The molecule has 0 fully saturated rings. The molecule has 9 nitrogen and oxygen atoms in total. The summed E-state index contributed by atoms with van der Waals surface area (Å²) < 4.78 is 21.5. The Labute approximate surface area is 211 Å². The van der Waals surface area contributed by atoms with Crippen LogP contribution in [0.3, 0.4) is 0 Å². The number of carbonyl (C=O) groups is 1. The van der Waals surface area contributed by atoms with E-state index in [2.05, 4.69) is 10.3 Å². The number of aromatic nitrogens is 2. The van der Waals surface area contributed by atoms with Crippen molar-refractivity contribution in [1.29, 1.82) is 5.26 Å². The molecule has 0 aliphatic rings. The minimum Gasteiger partial charge on any atom is -0.439 e. The van der Waals surface area contributed by atoms with E-state index in [4.69, 9.17) is 4.74 Å². The van der Waals surface area contributed by atoms with Crippen molar-refractivity contribution in [2.75, 3.05) is 5.32 Å². The van der Waals surface area contributed by atoms with Gasteiger partial charge in [-0.3, -0.25) is 14.9 Å². The number of nitriles is 1. The molecule has 4 aromatic rings. The van der Waals surface area contributed by atoms with Crippen molar-refractivity contribution < 1.29 is 18.8 Å². The fourth-order valence-electron chi connectivity index (χ4n) is 3.71. The number of nitrogens with one attached hydrogen (secondary N) is 1. The molecule has 37 heavy (non-hydrogen) atoms. The van der Waals surface area contributed by atoms with Gasteiger partial charge < -0.3 is 14.6 Å². The minimum absolute atomic E-state index is 0.00893. The number of pyridine rings is 1. The topological polar surface area (TPSA) is 123 Å². The van der Waals surface area contributed by atoms with Crippen molar-refractivity contribution in [3.8, 4) is 23.4 Å². The number of ether oxygens (including phenoxy) is 1. The molecule has 4 rings (SSSR count). The highest BCUT2D eigenvalue weighted by Gasteiger charge is 2.15. The lowest BCUT2D eigenvalue weighted by molar-refractivity contribution is -0.385. The van der Waals surface area contributed by atoms with Gasteiger partial charge in [0.25, 0.3) is 11.6 Å². The fourth-order valence-corrected chi connectivity index (χ4v) is 3.71. The molecule has 2 aromatic heterocycles. The number of para-hydroxylation sites is 1. The van der Waals surface area contributed by atoms with Crippen LogP contribution in [0.5, 0.6) is 11.6 Å². The Balaban J connectivity index is 1.54. The number of nitro groups is 1. The maximum Gasteiger partial charge on any atom is 0.287 e. The number of benzene rings is 2. The predicted molar refractivity (Wildman–Crippen MR) is 135 cm³/mol. The zero-order chi connectivity index (χ0) is 26.5. The summed E-state index contributed by atoms with van der Waals surface area (Å²) in [5.74, 6) is -0.595. The molecule has 184 valence electrons. The number of nitrogens with zero attached hydrogens (tertiary/aromatic N) is 4. The highest BCUT2D eigenvalue weighted by molar-refractivity contribution is 6.09. The van der Waals surface area contributed by atoms with Gasteiger partial charge in [-0.05, 0) is 68.0 Å². The van der Waals surface area contributed by atoms with Crippen LogP contribution in [0.4, 0.5) is 15.8 Å². The lowest BCUT2D eigenvalue weighted by Crippen LogP contribution is -2.14. The minimum atomic E-state index is -0.709. The first kappa shape index (κ1) is 24.8. The number of hydrogen-bond acceptors (Lipinski definition) is 6. The largest absolute Gasteiger partial charge is 0.439 e. The summed E-state index contributed by atoms with van der Waals surface area (Å²) in [6.07, 6.45) is 2.59. The fraction of sp³-hybridized carbons (Fsp3) is 0.0741. The third-order valence-corrected chi connectivity index (χ3v) is 5.51. The molecule has 0 unspecified atom stereocenters. The standard InChI is InChI=1S/C27H20FN5O4/c1-17-13-19(14-20(15-29)27(34)31-25-6-4-3-5-24(25)28)18(2)32(17)21-7-10-23(11-8-21)37-26-12-9-22(16-30-26)33(35)36/h3-14,16H,1-2H3,(H,31,34)/b20-14-. The summed E-state index contributed by atoms with van der Waals surface area (Å²) >= 11 is 0. The van der Waals surface area contributed by atoms with Gasteiger partial charge in [-0.1, -0.05) is 12.1 Å². The van der Waals surface area contributed by atoms with Crippen LogP contribution in [-0.4, -0.2) is 20.4 Å². The van der Waals surface area contributed by atoms with Crippen molar-refractivity contribution in [2.45, 2.75) is 13.8 Å². The second-order valence-electron chi connectivity index (χ2n) is 7.97. The second kappa shape index (κ2) is 10.5. The summed E-state index contributed by atoms with van der Waals surface area (Å²) in [6.45, 7) is 3.74. The van der Waals surface area contributed by atoms with Crippen molar-refractivity contribution >= 4 is 23.4 Å². The molecule has 0 aliphatic heterocycles. The van der Waals surface area contributed by atoms with Crippen molar-refractivity contribution in [1.82, 2.24) is 9.55 Å². The number of carbonyl (C=O) groups excluding carboxylic acids is 1. The third kappa shape index (κ3) is 5.52. The molecule has 2 heterocycles. The summed E-state index contributed by atoms with van der Waals surface area (Å²) in [6, 6.07) is 19.3. The molecule has 0 spiro atoms. The molecule has 1 amide bonds. The Morgan fingerprint density at radius 2 is 1.89 bits per heavy atom. The van der Waals surface area contributed by atoms with E-state index >= 15 is 0 Å². The van der Waals surface area contributed by atoms with Gasteiger partial charge in [-0.15, -0.1) is 0 Å². The Morgan fingerprint density at radius 1 is 1.16 bits per heavy atom. The van der Waals surface area contributed by atoms with Crippen LogP contribution in [0, 0.1) is 41.1 Å². The first-order chi connectivity index (χ1) is 17.8. The molecule has 1 N–H and O–H groups in total. The normalized spacial score (nSPS) is 11.0. The maximum absolute atomic E-state index is 13.9. The van der Waals surface area contributed by atoms with Gasteiger partial charge in [0.15, 0.2) is 0 Å². The Bertz CT molecular complexity index is 1550. The highest BCUT2D eigenvalue weighted by atomic mass is 19.1. The van der Waals surface area contributed by atoms with E-state index in [1.54, 1.807) is 18.2 Å². The number of aryl methyl sites for hydroxylation is 1. The van der Waals surface area contributed by atoms with Crippen LogP contribution in [0.2, 0.25) is 0 Å². The van der Waals surface area contributed by atoms with E-state index in [1.165, 1.54) is 36.4 Å². The van der Waals surface area contributed by atoms with E-state index in [-0.39, 0.29) is 22.8 Å². The Hall–Kier alpha value is -5.30. The molecule has 0 saturated heterocycles. The number of hydrogen-bond donors (Lipinski definition) is 1.